The van der Waals surface area contributed by atoms with Gasteiger partial charge in [-0.2, -0.15) is 0 Å². The summed E-state index contributed by atoms with van der Waals surface area (Å²) in [5.41, 5.74) is 0.798. The number of methoxy groups -OCH3 is 1. The van der Waals surface area contributed by atoms with Crippen LogP contribution in [0.5, 0.6) is 5.75 Å². The normalized spacial score (nSPS) is 11.7. The molecule has 0 saturated carbocycles. The monoisotopic (exact) mass is 406 g/mol. The van der Waals surface area contributed by atoms with Crippen LogP contribution in [0.1, 0.15) is 17.4 Å². The third-order valence-electron chi connectivity index (χ3n) is 3.87. The molecule has 0 aliphatic carbocycles. The van der Waals surface area contributed by atoms with Gasteiger partial charge in [0.05, 0.1) is 18.8 Å². The van der Waals surface area contributed by atoms with Crippen LogP contribution >= 0.6 is 11.6 Å². The number of halogens is 2. The number of H-pyrrole nitrogens is 1. The van der Waals surface area contributed by atoms with Crippen LogP contribution in [0, 0.1) is 5.82 Å². The lowest BCUT2D eigenvalue weighted by atomic mass is 10.1. The van der Waals surface area contributed by atoms with Gasteiger partial charge < -0.3 is 15.4 Å². The molecular weight excluding hydrogens is 391 g/mol. The quantitative estimate of drug-likeness (QED) is 0.582. The van der Waals surface area contributed by atoms with E-state index in [9.17, 15) is 14.0 Å². The Morgan fingerprint density at radius 1 is 1.32 bits per heavy atom. The highest BCUT2D eigenvalue weighted by molar-refractivity contribution is 6.30. The lowest BCUT2D eigenvalue weighted by Crippen LogP contribution is -2.34. The summed E-state index contributed by atoms with van der Waals surface area (Å²) < 4.78 is 23.5. The fraction of sp³-hybridized carbons (Fsp3) is 0.167. The topological polar surface area (TPSA) is 109 Å². The molecule has 8 nitrogen and oxygen atoms in total. The van der Waals surface area contributed by atoms with E-state index in [-0.39, 0.29) is 16.5 Å². The average molecular weight is 407 g/mol. The molecule has 10 heteroatoms. The van der Waals surface area contributed by atoms with Crippen LogP contribution in [0.25, 0.3) is 0 Å². The number of aromatic amines is 1. The second kappa shape index (κ2) is 8.57. The Hall–Kier alpha value is -3.33. The highest BCUT2D eigenvalue weighted by Gasteiger charge is 2.20. The van der Waals surface area contributed by atoms with E-state index < -0.39 is 23.6 Å². The number of carbonyl (C=O) groups excluding carboxylic acids is 1. The predicted octanol–water partition coefficient (Wildman–Crippen LogP) is 3.27. The standard InChI is InChI=1S/C18H16ClFN4O4/c1-27-12-5-2-10(3-6-12)8-15(16-23-18(26)28-24-16)22-17(25)21-14-7-4-11(19)9-13(14)20/h2-7,9,15H,8H2,1H3,(H2,21,22,25)(H,23,24,26). The van der Waals surface area contributed by atoms with Crippen LogP contribution in [0.15, 0.2) is 51.8 Å². The third kappa shape index (κ3) is 4.89. The summed E-state index contributed by atoms with van der Waals surface area (Å²) in [4.78, 5) is 26.0. The lowest BCUT2D eigenvalue weighted by molar-refractivity contribution is 0.247. The first-order valence-corrected chi connectivity index (χ1v) is 8.54. The molecule has 0 aliphatic heterocycles. The van der Waals surface area contributed by atoms with Crippen LogP contribution in [0.3, 0.4) is 0 Å². The van der Waals surface area contributed by atoms with Gasteiger partial charge in [-0.05, 0) is 35.9 Å². The first-order chi connectivity index (χ1) is 13.4. The second-order valence-electron chi connectivity index (χ2n) is 5.81. The number of amides is 2. The zero-order valence-corrected chi connectivity index (χ0v) is 15.4. The minimum absolute atomic E-state index is 0.0428. The number of hydrogen-bond donors (Lipinski definition) is 3. The lowest BCUT2D eigenvalue weighted by Gasteiger charge is -2.17. The molecule has 1 atom stereocenters. The fourth-order valence-electron chi connectivity index (χ4n) is 2.51. The number of rotatable bonds is 6. The van der Waals surface area contributed by atoms with Crippen LogP contribution in [0.4, 0.5) is 14.9 Å². The minimum Gasteiger partial charge on any atom is -0.497 e. The van der Waals surface area contributed by atoms with Crippen LogP contribution in [0.2, 0.25) is 5.02 Å². The Morgan fingerprint density at radius 3 is 2.68 bits per heavy atom. The molecular formula is C18H16ClFN4O4. The number of nitrogens with zero attached hydrogens (tertiary/aromatic N) is 1. The highest BCUT2D eigenvalue weighted by atomic mass is 35.5. The van der Waals surface area contributed by atoms with Gasteiger partial charge in [0.2, 0.25) is 0 Å². The van der Waals surface area contributed by atoms with Crippen molar-refractivity contribution in [3.8, 4) is 5.75 Å². The van der Waals surface area contributed by atoms with E-state index in [2.05, 4.69) is 25.3 Å². The van der Waals surface area contributed by atoms with Crippen molar-refractivity contribution in [3.05, 3.63) is 75.2 Å². The summed E-state index contributed by atoms with van der Waals surface area (Å²) in [6.07, 6.45) is 0.295. The van der Waals surface area contributed by atoms with E-state index in [1.807, 2.05) is 12.1 Å². The summed E-state index contributed by atoms with van der Waals surface area (Å²) in [7, 11) is 1.56. The molecule has 3 rings (SSSR count). The van der Waals surface area contributed by atoms with Gasteiger partial charge in [0.1, 0.15) is 11.6 Å². The molecule has 2 aromatic carbocycles. The van der Waals surface area contributed by atoms with Crippen molar-refractivity contribution >= 4 is 23.3 Å². The number of hydrogen-bond acceptors (Lipinski definition) is 5. The van der Waals surface area contributed by atoms with Gasteiger partial charge in [0.15, 0.2) is 5.82 Å². The highest BCUT2D eigenvalue weighted by Crippen LogP contribution is 2.20. The van der Waals surface area contributed by atoms with Gasteiger partial charge >= 0.3 is 11.8 Å². The summed E-state index contributed by atoms with van der Waals surface area (Å²) in [6.45, 7) is 0. The molecule has 0 saturated heterocycles. The molecule has 3 N–H and O–H groups in total. The van der Waals surface area contributed by atoms with Crippen LogP contribution < -0.4 is 21.1 Å². The third-order valence-corrected chi connectivity index (χ3v) is 4.11. The molecule has 0 fully saturated rings. The molecule has 1 heterocycles. The van der Waals surface area contributed by atoms with E-state index in [4.69, 9.17) is 16.3 Å². The fourth-order valence-corrected chi connectivity index (χ4v) is 2.67. The van der Waals surface area contributed by atoms with E-state index in [0.717, 1.165) is 11.6 Å². The Labute approximate surface area is 163 Å². The van der Waals surface area contributed by atoms with Crippen LogP contribution in [-0.2, 0) is 6.42 Å². The number of benzene rings is 2. The molecule has 3 aromatic rings. The number of aromatic nitrogens is 2. The van der Waals surface area contributed by atoms with Gasteiger partial charge in [-0.15, -0.1) is 0 Å². The van der Waals surface area contributed by atoms with Gasteiger partial charge in [-0.25, -0.2) is 14.0 Å². The molecule has 1 unspecified atom stereocenters. The number of ether oxygens (including phenoxy) is 1. The van der Waals surface area contributed by atoms with Crippen LogP contribution in [-0.4, -0.2) is 23.3 Å². The Kier molecular flexibility index (Phi) is 5.95. The second-order valence-corrected chi connectivity index (χ2v) is 6.24. The first-order valence-electron chi connectivity index (χ1n) is 8.16. The smallest absolute Gasteiger partial charge is 0.438 e. The number of urea groups is 1. The summed E-state index contributed by atoms with van der Waals surface area (Å²) in [6, 6.07) is 9.60. The Morgan fingerprint density at radius 2 is 2.07 bits per heavy atom. The first kappa shape index (κ1) is 19.4. The number of nitrogens with one attached hydrogen (secondary N) is 3. The zero-order chi connectivity index (χ0) is 20.1. The maximum Gasteiger partial charge on any atom is 0.438 e. The van der Waals surface area contributed by atoms with Gasteiger partial charge in [0, 0.05) is 11.4 Å². The predicted molar refractivity (Wildman–Crippen MR) is 100 cm³/mol. The summed E-state index contributed by atoms with van der Waals surface area (Å²) in [5, 5.41) is 8.88. The number of carbonyl (C=O) groups is 1. The average Bonchev–Trinajstić information content (AvgIpc) is 3.10. The molecule has 2 amide bonds. The molecule has 0 aliphatic rings. The molecule has 146 valence electrons. The summed E-state index contributed by atoms with van der Waals surface area (Å²) >= 11 is 5.70. The number of anilines is 1. The Bertz CT molecular complexity index is 1020. The van der Waals surface area contributed by atoms with Crippen molar-refractivity contribution in [1.82, 2.24) is 15.5 Å². The molecule has 0 radical (unpaired) electrons. The van der Waals surface area contributed by atoms with E-state index in [1.54, 1.807) is 19.2 Å². The van der Waals surface area contributed by atoms with Gasteiger partial charge in [0.25, 0.3) is 0 Å². The van der Waals surface area contributed by atoms with Crippen molar-refractivity contribution in [2.75, 3.05) is 12.4 Å². The van der Waals surface area contributed by atoms with Crippen molar-refractivity contribution in [3.63, 3.8) is 0 Å². The van der Waals surface area contributed by atoms with Crippen molar-refractivity contribution < 1.29 is 18.4 Å². The zero-order valence-electron chi connectivity index (χ0n) is 14.7. The largest absolute Gasteiger partial charge is 0.497 e. The maximum absolute atomic E-state index is 13.9. The minimum atomic E-state index is -0.749. The van der Waals surface area contributed by atoms with E-state index in [1.165, 1.54) is 12.1 Å². The molecule has 1 aromatic heterocycles. The van der Waals surface area contributed by atoms with E-state index in [0.29, 0.717) is 12.2 Å². The summed E-state index contributed by atoms with van der Waals surface area (Å²) in [5.74, 6) is -0.614. The SMILES string of the molecule is COc1ccc(CC(NC(=O)Nc2ccc(Cl)cc2F)c2noc(=O)[nH]2)cc1. The van der Waals surface area contributed by atoms with E-state index >= 15 is 0 Å². The maximum atomic E-state index is 13.9. The molecule has 0 bridgehead atoms. The van der Waals surface area contributed by atoms with Gasteiger partial charge in [-0.1, -0.05) is 28.9 Å². The van der Waals surface area contributed by atoms with Crippen molar-refractivity contribution in [2.24, 2.45) is 0 Å². The van der Waals surface area contributed by atoms with Gasteiger partial charge in [-0.3, -0.25) is 9.51 Å². The molecule has 28 heavy (non-hydrogen) atoms. The molecule has 0 spiro atoms. The van der Waals surface area contributed by atoms with Crippen molar-refractivity contribution in [1.29, 1.82) is 0 Å². The Balaban J connectivity index is 1.76. The van der Waals surface area contributed by atoms with Crippen molar-refractivity contribution in [2.45, 2.75) is 12.5 Å².